The van der Waals surface area contributed by atoms with Crippen molar-refractivity contribution in [3.63, 3.8) is 0 Å². The highest BCUT2D eigenvalue weighted by Crippen LogP contribution is 2.28. The molecule has 6 nitrogen and oxygen atoms in total. The molecule has 0 atom stereocenters. The van der Waals surface area contributed by atoms with Gasteiger partial charge in [-0.3, -0.25) is 14.8 Å². The van der Waals surface area contributed by atoms with Crippen LogP contribution in [0.5, 0.6) is 17.2 Å². The average Bonchev–Trinajstić information content (AvgIpc) is 2.67. The zero-order valence-electron chi connectivity index (χ0n) is 14.9. The topological polar surface area (TPSA) is 87.3 Å². The Kier molecular flexibility index (Phi) is 5.78. The van der Waals surface area contributed by atoms with Gasteiger partial charge in [-0.1, -0.05) is 13.0 Å². The number of aryl methyl sites for hydroxylation is 1. The number of nitrogens with zero attached hydrogens (tertiary/aromatic N) is 2. The van der Waals surface area contributed by atoms with Crippen LogP contribution < -0.4 is 15.2 Å². The third-order valence-corrected chi connectivity index (χ3v) is 3.93. The summed E-state index contributed by atoms with van der Waals surface area (Å²) < 4.78 is 34.7. The van der Waals surface area contributed by atoms with Crippen LogP contribution in [0.1, 0.15) is 22.8 Å². The molecule has 0 fully saturated rings. The quantitative estimate of drug-likeness (QED) is 0.659. The van der Waals surface area contributed by atoms with Crippen LogP contribution in [0.25, 0.3) is 11.3 Å². The Bertz CT molecular complexity index is 996. The maximum atomic E-state index is 12.3. The van der Waals surface area contributed by atoms with E-state index < -0.39 is 12.5 Å². The Morgan fingerprint density at radius 2 is 1.89 bits per heavy atom. The number of carbonyl (C=O) groups excluding carboxylic acids is 1. The van der Waals surface area contributed by atoms with Crippen LogP contribution in [0.3, 0.4) is 0 Å². The zero-order valence-corrected chi connectivity index (χ0v) is 14.9. The van der Waals surface area contributed by atoms with Crippen molar-refractivity contribution in [2.24, 2.45) is 5.73 Å². The monoisotopic (exact) mass is 385 g/mol. The normalized spacial score (nSPS) is 10.7. The molecule has 0 saturated carbocycles. The standard InChI is InChI=1S/C20H17F2N3O3/c1-2-12-7-13(3-4-17(12)19(23)26)18-9-14(5-6-25-18)27-15-8-16(11-24-10-15)28-20(21)22/h3-11,20H,2H2,1H3,(H2,23,26). The number of rotatable bonds is 7. The van der Waals surface area contributed by atoms with E-state index in [1.807, 2.05) is 13.0 Å². The summed E-state index contributed by atoms with van der Waals surface area (Å²) in [4.78, 5) is 19.6. The maximum absolute atomic E-state index is 12.3. The number of halogens is 2. The molecule has 144 valence electrons. The summed E-state index contributed by atoms with van der Waals surface area (Å²) in [6.45, 7) is -1.01. The third-order valence-electron chi connectivity index (χ3n) is 3.93. The van der Waals surface area contributed by atoms with Crippen molar-refractivity contribution in [1.82, 2.24) is 9.97 Å². The molecule has 0 radical (unpaired) electrons. The van der Waals surface area contributed by atoms with Crippen LogP contribution in [-0.4, -0.2) is 22.5 Å². The van der Waals surface area contributed by atoms with Gasteiger partial charge in [0.05, 0.1) is 18.1 Å². The molecule has 0 aliphatic rings. The molecule has 2 aromatic heterocycles. The van der Waals surface area contributed by atoms with Crippen LogP contribution in [0.4, 0.5) is 8.78 Å². The lowest BCUT2D eigenvalue weighted by Crippen LogP contribution is -2.13. The Balaban J connectivity index is 1.86. The first-order chi connectivity index (χ1) is 13.5. The van der Waals surface area contributed by atoms with Gasteiger partial charge in [0.2, 0.25) is 5.91 Å². The van der Waals surface area contributed by atoms with Crippen LogP contribution in [0.15, 0.2) is 55.0 Å². The lowest BCUT2D eigenvalue weighted by atomic mass is 9.99. The summed E-state index contributed by atoms with van der Waals surface area (Å²) in [7, 11) is 0. The molecule has 3 aromatic rings. The Morgan fingerprint density at radius 1 is 1.11 bits per heavy atom. The number of hydrogen-bond acceptors (Lipinski definition) is 5. The third kappa shape index (κ3) is 4.59. The van der Waals surface area contributed by atoms with Crippen LogP contribution in [-0.2, 0) is 6.42 Å². The molecule has 0 bridgehead atoms. The fourth-order valence-corrected chi connectivity index (χ4v) is 2.68. The second-order valence-electron chi connectivity index (χ2n) is 5.80. The van der Waals surface area contributed by atoms with Crippen LogP contribution in [0.2, 0.25) is 0 Å². The number of alkyl halides is 2. The lowest BCUT2D eigenvalue weighted by molar-refractivity contribution is -0.0501. The first-order valence-electron chi connectivity index (χ1n) is 8.43. The highest BCUT2D eigenvalue weighted by molar-refractivity contribution is 5.95. The van der Waals surface area contributed by atoms with Gasteiger partial charge in [-0.15, -0.1) is 0 Å². The second-order valence-corrected chi connectivity index (χ2v) is 5.80. The summed E-state index contributed by atoms with van der Waals surface area (Å²) in [5, 5.41) is 0. The largest absolute Gasteiger partial charge is 0.455 e. The molecule has 1 amide bonds. The molecule has 0 saturated heterocycles. The van der Waals surface area contributed by atoms with Gasteiger partial charge in [0, 0.05) is 29.5 Å². The fourth-order valence-electron chi connectivity index (χ4n) is 2.68. The van der Waals surface area contributed by atoms with E-state index in [1.165, 1.54) is 18.5 Å². The van der Waals surface area contributed by atoms with Crippen molar-refractivity contribution in [3.8, 4) is 28.5 Å². The minimum Gasteiger partial charge on any atom is -0.455 e. The van der Waals surface area contributed by atoms with Gasteiger partial charge in [-0.25, -0.2) is 0 Å². The van der Waals surface area contributed by atoms with E-state index in [-0.39, 0.29) is 11.5 Å². The van der Waals surface area contributed by atoms with E-state index in [1.54, 1.807) is 30.5 Å². The first kappa shape index (κ1) is 19.2. The smallest absolute Gasteiger partial charge is 0.387 e. The summed E-state index contributed by atoms with van der Waals surface area (Å²) in [5.41, 5.74) is 8.10. The molecule has 0 unspecified atom stereocenters. The van der Waals surface area contributed by atoms with Gasteiger partial charge in [0.25, 0.3) is 0 Å². The first-order valence-corrected chi connectivity index (χ1v) is 8.43. The van der Waals surface area contributed by atoms with Crippen molar-refractivity contribution < 1.29 is 23.0 Å². The van der Waals surface area contributed by atoms with E-state index >= 15 is 0 Å². The van der Waals surface area contributed by atoms with Gasteiger partial charge >= 0.3 is 6.61 Å². The van der Waals surface area contributed by atoms with Crippen molar-refractivity contribution >= 4 is 5.91 Å². The van der Waals surface area contributed by atoms with Gasteiger partial charge < -0.3 is 15.2 Å². The van der Waals surface area contributed by atoms with Gasteiger partial charge in [0.15, 0.2) is 0 Å². The van der Waals surface area contributed by atoms with Crippen molar-refractivity contribution in [3.05, 3.63) is 66.1 Å². The number of benzene rings is 1. The minimum absolute atomic E-state index is 0.101. The number of hydrogen-bond donors (Lipinski definition) is 1. The molecule has 3 rings (SSSR count). The number of aromatic nitrogens is 2. The number of carbonyl (C=O) groups is 1. The summed E-state index contributed by atoms with van der Waals surface area (Å²) >= 11 is 0. The van der Waals surface area contributed by atoms with E-state index in [0.717, 1.165) is 11.1 Å². The Morgan fingerprint density at radius 3 is 2.61 bits per heavy atom. The van der Waals surface area contributed by atoms with E-state index in [4.69, 9.17) is 10.5 Å². The average molecular weight is 385 g/mol. The zero-order chi connectivity index (χ0) is 20.1. The van der Waals surface area contributed by atoms with Crippen molar-refractivity contribution in [1.29, 1.82) is 0 Å². The van der Waals surface area contributed by atoms with Gasteiger partial charge in [0.1, 0.15) is 17.2 Å². The summed E-state index contributed by atoms with van der Waals surface area (Å²) in [6.07, 6.45) is 4.76. The molecular formula is C20H17F2N3O3. The molecule has 0 aliphatic heterocycles. The maximum Gasteiger partial charge on any atom is 0.387 e. The predicted molar refractivity (Wildman–Crippen MR) is 98.5 cm³/mol. The van der Waals surface area contributed by atoms with Gasteiger partial charge in [-0.2, -0.15) is 8.78 Å². The predicted octanol–water partition coefficient (Wildman–Crippen LogP) is 4.20. The molecule has 2 heterocycles. The number of ether oxygens (including phenoxy) is 2. The molecule has 1 aromatic carbocycles. The van der Waals surface area contributed by atoms with Crippen molar-refractivity contribution in [2.45, 2.75) is 20.0 Å². The highest BCUT2D eigenvalue weighted by Gasteiger charge is 2.11. The van der Waals surface area contributed by atoms with Gasteiger partial charge in [-0.05, 0) is 30.2 Å². The fraction of sp³-hybridized carbons (Fsp3) is 0.150. The number of nitrogens with two attached hydrogens (primary N) is 1. The number of pyridine rings is 2. The van der Waals surface area contributed by atoms with E-state index in [0.29, 0.717) is 23.4 Å². The SMILES string of the molecule is CCc1cc(-c2cc(Oc3cncc(OC(F)F)c3)ccn2)ccc1C(N)=O. The second kappa shape index (κ2) is 8.43. The number of amides is 1. The van der Waals surface area contributed by atoms with Crippen molar-refractivity contribution in [2.75, 3.05) is 0 Å². The van der Waals surface area contributed by atoms with Crippen LogP contribution >= 0.6 is 0 Å². The minimum atomic E-state index is -2.94. The molecule has 0 aliphatic carbocycles. The summed E-state index contributed by atoms with van der Waals surface area (Å²) in [5.74, 6) is 0.106. The molecule has 28 heavy (non-hydrogen) atoms. The van der Waals surface area contributed by atoms with E-state index in [9.17, 15) is 13.6 Å². The summed E-state index contributed by atoms with van der Waals surface area (Å²) in [6, 6.07) is 9.91. The number of primary amides is 1. The Hall–Kier alpha value is -3.55. The van der Waals surface area contributed by atoms with E-state index in [2.05, 4.69) is 14.7 Å². The molecule has 8 heteroatoms. The molecular weight excluding hydrogens is 368 g/mol. The highest BCUT2D eigenvalue weighted by atomic mass is 19.3. The molecule has 0 spiro atoms. The van der Waals surface area contributed by atoms with Crippen LogP contribution in [0, 0.1) is 0 Å². The Labute approximate surface area is 160 Å². The lowest BCUT2D eigenvalue weighted by Gasteiger charge is -2.10. The molecule has 2 N–H and O–H groups in total.